The minimum Gasteiger partial charge on any atom is -0.381 e. The van der Waals surface area contributed by atoms with E-state index < -0.39 is 0 Å². The summed E-state index contributed by atoms with van der Waals surface area (Å²) in [4.78, 5) is 0. The largest absolute Gasteiger partial charge is 0.381 e. The Morgan fingerprint density at radius 2 is 2.43 bits per heavy atom. The second-order valence-corrected chi connectivity index (χ2v) is 4.04. The van der Waals surface area contributed by atoms with Crippen LogP contribution in [0.1, 0.15) is 26.2 Å². The maximum atomic E-state index is 5.68. The molecule has 0 saturated carbocycles. The smallest absolute Gasteiger partial charge is 0.0619 e. The maximum absolute atomic E-state index is 5.68. The minimum atomic E-state index is 0.516. The van der Waals surface area contributed by atoms with Gasteiger partial charge in [-0.3, -0.25) is 0 Å². The molecule has 0 radical (unpaired) electrons. The Morgan fingerprint density at radius 3 is 3.00 bits per heavy atom. The first-order valence-electron chi connectivity index (χ1n) is 5.69. The van der Waals surface area contributed by atoms with Gasteiger partial charge in [0.25, 0.3) is 0 Å². The van der Waals surface area contributed by atoms with E-state index in [0.29, 0.717) is 12.0 Å². The molecule has 0 bridgehead atoms. The summed E-state index contributed by atoms with van der Waals surface area (Å²) in [6.45, 7) is 5.70. The van der Waals surface area contributed by atoms with Crippen LogP contribution in [0.2, 0.25) is 0 Å². The van der Waals surface area contributed by atoms with E-state index in [1.54, 1.807) is 0 Å². The van der Waals surface area contributed by atoms with Crippen LogP contribution in [-0.4, -0.2) is 39.5 Å². The lowest BCUT2D eigenvalue weighted by molar-refractivity contribution is 0.0742. The Kier molecular flexibility index (Phi) is 6.15. The normalized spacial score (nSPS) is 24.0. The molecular formula is C11H23NO2. The molecule has 1 heterocycles. The SMILES string of the molecule is CCCC(COCC1CCOC1)NC. The molecule has 1 aliphatic heterocycles. The van der Waals surface area contributed by atoms with Crippen LogP contribution in [0.5, 0.6) is 0 Å². The van der Waals surface area contributed by atoms with Gasteiger partial charge in [0.05, 0.1) is 19.8 Å². The maximum Gasteiger partial charge on any atom is 0.0619 e. The number of rotatable bonds is 7. The van der Waals surface area contributed by atoms with Gasteiger partial charge < -0.3 is 14.8 Å². The topological polar surface area (TPSA) is 30.5 Å². The van der Waals surface area contributed by atoms with Gasteiger partial charge in [0, 0.05) is 18.6 Å². The van der Waals surface area contributed by atoms with Crippen molar-refractivity contribution in [1.29, 1.82) is 0 Å². The van der Waals surface area contributed by atoms with Crippen molar-refractivity contribution in [2.24, 2.45) is 5.92 Å². The third-order valence-corrected chi connectivity index (χ3v) is 2.74. The molecule has 84 valence electrons. The Balaban J connectivity index is 2.00. The van der Waals surface area contributed by atoms with Crippen LogP contribution in [0.3, 0.4) is 0 Å². The molecule has 14 heavy (non-hydrogen) atoms. The highest BCUT2D eigenvalue weighted by Gasteiger charge is 2.16. The first-order chi connectivity index (χ1) is 6.86. The molecule has 3 heteroatoms. The van der Waals surface area contributed by atoms with Gasteiger partial charge >= 0.3 is 0 Å². The average molecular weight is 201 g/mol. The molecule has 1 fully saturated rings. The highest BCUT2D eigenvalue weighted by molar-refractivity contribution is 4.65. The fourth-order valence-electron chi connectivity index (χ4n) is 1.75. The molecule has 0 aliphatic carbocycles. The second-order valence-electron chi connectivity index (χ2n) is 4.04. The molecule has 2 atom stereocenters. The van der Waals surface area contributed by atoms with Crippen molar-refractivity contribution in [2.45, 2.75) is 32.2 Å². The van der Waals surface area contributed by atoms with Crippen molar-refractivity contribution in [3.63, 3.8) is 0 Å². The zero-order valence-corrected chi connectivity index (χ0v) is 9.42. The molecule has 1 N–H and O–H groups in total. The molecule has 1 saturated heterocycles. The van der Waals surface area contributed by atoms with Crippen molar-refractivity contribution in [1.82, 2.24) is 5.32 Å². The zero-order valence-electron chi connectivity index (χ0n) is 9.42. The van der Waals surface area contributed by atoms with Gasteiger partial charge in [0.2, 0.25) is 0 Å². The number of hydrogen-bond donors (Lipinski definition) is 1. The van der Waals surface area contributed by atoms with Gasteiger partial charge in [-0.05, 0) is 19.9 Å². The van der Waals surface area contributed by atoms with E-state index in [2.05, 4.69) is 12.2 Å². The van der Waals surface area contributed by atoms with Crippen molar-refractivity contribution in [3.8, 4) is 0 Å². The molecule has 1 rings (SSSR count). The molecule has 0 aromatic carbocycles. The van der Waals surface area contributed by atoms with Crippen molar-refractivity contribution in [3.05, 3.63) is 0 Å². The van der Waals surface area contributed by atoms with Crippen molar-refractivity contribution in [2.75, 3.05) is 33.5 Å². The summed E-state index contributed by atoms with van der Waals surface area (Å²) in [5.41, 5.74) is 0. The third-order valence-electron chi connectivity index (χ3n) is 2.74. The molecule has 0 spiro atoms. The molecule has 1 aliphatic rings. The van der Waals surface area contributed by atoms with Gasteiger partial charge in [0.15, 0.2) is 0 Å². The van der Waals surface area contributed by atoms with E-state index in [-0.39, 0.29) is 0 Å². The fraction of sp³-hybridized carbons (Fsp3) is 1.00. The minimum absolute atomic E-state index is 0.516. The van der Waals surface area contributed by atoms with Crippen LogP contribution in [0.25, 0.3) is 0 Å². The number of likely N-dealkylation sites (N-methyl/N-ethyl adjacent to an activating group) is 1. The van der Waals surface area contributed by atoms with E-state index in [4.69, 9.17) is 9.47 Å². The molecule has 0 aromatic rings. The predicted octanol–water partition coefficient (Wildman–Crippen LogP) is 1.43. The van der Waals surface area contributed by atoms with Gasteiger partial charge in [-0.1, -0.05) is 13.3 Å². The Morgan fingerprint density at radius 1 is 1.57 bits per heavy atom. The second kappa shape index (κ2) is 7.21. The summed E-state index contributed by atoms with van der Waals surface area (Å²) in [5, 5.41) is 3.27. The molecule has 2 unspecified atom stereocenters. The number of nitrogens with one attached hydrogen (secondary N) is 1. The predicted molar refractivity (Wildman–Crippen MR) is 57.5 cm³/mol. The quantitative estimate of drug-likeness (QED) is 0.676. The summed E-state index contributed by atoms with van der Waals surface area (Å²) < 4.78 is 11.0. The van der Waals surface area contributed by atoms with Crippen LogP contribution >= 0.6 is 0 Å². The highest BCUT2D eigenvalue weighted by Crippen LogP contribution is 2.12. The van der Waals surface area contributed by atoms with E-state index in [0.717, 1.165) is 32.8 Å². The van der Waals surface area contributed by atoms with E-state index in [1.165, 1.54) is 12.8 Å². The average Bonchev–Trinajstić information content (AvgIpc) is 2.69. The first-order valence-corrected chi connectivity index (χ1v) is 5.69. The lowest BCUT2D eigenvalue weighted by Crippen LogP contribution is -2.31. The van der Waals surface area contributed by atoms with E-state index in [1.807, 2.05) is 7.05 Å². The first kappa shape index (κ1) is 12.0. The third kappa shape index (κ3) is 4.40. The highest BCUT2D eigenvalue weighted by atomic mass is 16.5. The Labute approximate surface area is 87.2 Å². The van der Waals surface area contributed by atoms with Crippen LogP contribution in [0.4, 0.5) is 0 Å². The van der Waals surface area contributed by atoms with Crippen LogP contribution in [0, 0.1) is 5.92 Å². The van der Waals surface area contributed by atoms with Gasteiger partial charge in [-0.15, -0.1) is 0 Å². The van der Waals surface area contributed by atoms with Gasteiger partial charge in [-0.2, -0.15) is 0 Å². The molecule has 0 aromatic heterocycles. The zero-order chi connectivity index (χ0) is 10.2. The lowest BCUT2D eigenvalue weighted by Gasteiger charge is -2.16. The standard InChI is InChI=1S/C11H23NO2/c1-3-4-11(12-2)9-14-8-10-5-6-13-7-10/h10-12H,3-9H2,1-2H3. The van der Waals surface area contributed by atoms with Crippen LogP contribution in [0.15, 0.2) is 0 Å². The summed E-state index contributed by atoms with van der Waals surface area (Å²) in [5.74, 6) is 0.633. The summed E-state index contributed by atoms with van der Waals surface area (Å²) >= 11 is 0. The van der Waals surface area contributed by atoms with Crippen molar-refractivity contribution < 1.29 is 9.47 Å². The summed E-state index contributed by atoms with van der Waals surface area (Å²) in [6.07, 6.45) is 3.57. The van der Waals surface area contributed by atoms with E-state index >= 15 is 0 Å². The van der Waals surface area contributed by atoms with Crippen LogP contribution in [-0.2, 0) is 9.47 Å². The molecular weight excluding hydrogens is 178 g/mol. The van der Waals surface area contributed by atoms with E-state index in [9.17, 15) is 0 Å². The summed E-state index contributed by atoms with van der Waals surface area (Å²) in [6, 6.07) is 0.516. The summed E-state index contributed by atoms with van der Waals surface area (Å²) in [7, 11) is 2.00. The van der Waals surface area contributed by atoms with Gasteiger partial charge in [0.1, 0.15) is 0 Å². The van der Waals surface area contributed by atoms with Gasteiger partial charge in [-0.25, -0.2) is 0 Å². The van der Waals surface area contributed by atoms with Crippen molar-refractivity contribution >= 4 is 0 Å². The molecule has 3 nitrogen and oxygen atoms in total. The monoisotopic (exact) mass is 201 g/mol. The lowest BCUT2D eigenvalue weighted by atomic mass is 10.1. The Bertz CT molecular complexity index is 135. The molecule has 0 amide bonds. The fourth-order valence-corrected chi connectivity index (χ4v) is 1.75. The number of ether oxygens (including phenoxy) is 2. The number of hydrogen-bond acceptors (Lipinski definition) is 3. The van der Waals surface area contributed by atoms with Crippen LogP contribution < -0.4 is 5.32 Å². The Hall–Kier alpha value is -0.120.